The van der Waals surface area contributed by atoms with Crippen molar-refractivity contribution in [2.24, 2.45) is 9.98 Å². The molecule has 0 saturated heterocycles. The average molecular weight is 573 g/mol. The van der Waals surface area contributed by atoms with Crippen molar-refractivity contribution in [3.8, 4) is 0 Å². The molecule has 216 valence electrons. The Balaban J connectivity index is 2.08. The van der Waals surface area contributed by atoms with Crippen LogP contribution >= 0.6 is 0 Å². The first-order valence-electron chi connectivity index (χ1n) is 11.5. The topological polar surface area (TPSA) is 261 Å². The highest BCUT2D eigenvalue weighted by molar-refractivity contribution is 7.91. The van der Waals surface area contributed by atoms with Crippen LogP contribution in [0.5, 0.6) is 0 Å². The summed E-state index contributed by atoms with van der Waals surface area (Å²) in [4.78, 5) is 7.61. The third-order valence-electron chi connectivity index (χ3n) is 5.61. The van der Waals surface area contributed by atoms with E-state index in [0.29, 0.717) is 0 Å². The van der Waals surface area contributed by atoms with Crippen LogP contribution in [0.2, 0.25) is 0 Å². The number of hydrogen-bond donors (Lipinski definition) is 10. The van der Waals surface area contributed by atoms with Crippen LogP contribution < -0.4 is 0 Å². The Morgan fingerprint density at radius 2 is 0.872 bits per heavy atom. The Hall–Kier alpha value is -2.67. The van der Waals surface area contributed by atoms with Crippen molar-refractivity contribution < 1.29 is 59.5 Å². The van der Waals surface area contributed by atoms with E-state index < -0.39 is 71.9 Å². The van der Waals surface area contributed by atoms with E-state index in [-0.39, 0.29) is 21.2 Å². The molecule has 0 spiro atoms. The molecule has 0 saturated carbocycles. The van der Waals surface area contributed by atoms with Gasteiger partial charge in [0, 0.05) is 12.4 Å². The highest BCUT2D eigenvalue weighted by Crippen LogP contribution is 2.25. The zero-order valence-electron chi connectivity index (χ0n) is 20.4. The second-order valence-corrected chi connectivity index (χ2v) is 10.4. The monoisotopic (exact) mass is 572 g/mol. The van der Waals surface area contributed by atoms with Crippen LogP contribution in [0.4, 0.5) is 11.4 Å². The zero-order chi connectivity index (χ0) is 29.3. The molecule has 0 radical (unpaired) electrons. The van der Waals surface area contributed by atoms with E-state index in [1.54, 1.807) is 0 Å². The zero-order valence-corrected chi connectivity index (χ0v) is 21.2. The highest BCUT2D eigenvalue weighted by atomic mass is 32.2. The Bertz CT molecular complexity index is 1100. The second-order valence-electron chi connectivity index (χ2n) is 8.49. The van der Waals surface area contributed by atoms with Crippen molar-refractivity contribution in [2.75, 3.05) is 13.2 Å². The van der Waals surface area contributed by atoms with Gasteiger partial charge in [0.15, 0.2) is 0 Å². The van der Waals surface area contributed by atoms with Gasteiger partial charge in [-0.05, 0) is 48.5 Å². The molecule has 10 N–H and O–H groups in total. The summed E-state index contributed by atoms with van der Waals surface area (Å²) < 4.78 is 25.9. The molecule has 0 aliphatic rings. The van der Waals surface area contributed by atoms with Gasteiger partial charge in [-0.1, -0.05) is 0 Å². The van der Waals surface area contributed by atoms with E-state index >= 15 is 0 Å². The van der Waals surface area contributed by atoms with Crippen LogP contribution in [0.15, 0.2) is 68.3 Å². The van der Waals surface area contributed by atoms with E-state index in [1.165, 1.54) is 48.5 Å². The largest absolute Gasteiger partial charge is 0.394 e. The molecule has 0 aliphatic carbocycles. The summed E-state index contributed by atoms with van der Waals surface area (Å²) in [5.74, 6) is 0. The van der Waals surface area contributed by atoms with Crippen LogP contribution in [-0.2, 0) is 9.84 Å². The predicted octanol–water partition coefficient (Wildman–Crippen LogP) is -3.20. The second kappa shape index (κ2) is 14.6. The van der Waals surface area contributed by atoms with Gasteiger partial charge in [0.25, 0.3) is 0 Å². The number of benzene rings is 2. The molecular weight excluding hydrogens is 540 g/mol. The number of rotatable bonds is 14. The first kappa shape index (κ1) is 32.5. The van der Waals surface area contributed by atoms with Crippen LogP contribution in [0.25, 0.3) is 0 Å². The number of aliphatic imine (C=N–C) groups is 2. The molecule has 8 unspecified atom stereocenters. The number of hydrogen-bond acceptors (Lipinski definition) is 14. The molecule has 0 bridgehead atoms. The summed E-state index contributed by atoms with van der Waals surface area (Å²) in [6, 6.07) is 10.3. The van der Waals surface area contributed by atoms with Crippen molar-refractivity contribution in [3.63, 3.8) is 0 Å². The van der Waals surface area contributed by atoms with Gasteiger partial charge < -0.3 is 51.1 Å². The summed E-state index contributed by atoms with van der Waals surface area (Å²) >= 11 is 0. The lowest BCUT2D eigenvalue weighted by Crippen LogP contribution is -2.46. The number of sulfone groups is 1. The van der Waals surface area contributed by atoms with Crippen LogP contribution in [0, 0.1) is 0 Å². The maximum Gasteiger partial charge on any atom is 0.206 e. The fraction of sp³-hybridized carbons (Fsp3) is 0.417. The summed E-state index contributed by atoms with van der Waals surface area (Å²) in [6.07, 6.45) is -12.3. The Morgan fingerprint density at radius 3 is 1.15 bits per heavy atom. The third-order valence-corrected chi connectivity index (χ3v) is 7.39. The molecule has 0 amide bonds. The molecule has 0 aromatic heterocycles. The predicted molar refractivity (Wildman–Crippen MR) is 137 cm³/mol. The van der Waals surface area contributed by atoms with Crippen molar-refractivity contribution in [2.45, 2.75) is 58.6 Å². The molecule has 0 fully saturated rings. The minimum Gasteiger partial charge on any atom is -0.394 e. The van der Waals surface area contributed by atoms with E-state index in [4.69, 9.17) is 10.2 Å². The van der Waals surface area contributed by atoms with E-state index in [2.05, 4.69) is 9.98 Å². The van der Waals surface area contributed by atoms with Gasteiger partial charge in [-0.25, -0.2) is 8.42 Å². The fourth-order valence-electron chi connectivity index (χ4n) is 3.14. The van der Waals surface area contributed by atoms with Gasteiger partial charge in [0.1, 0.15) is 48.8 Å². The van der Waals surface area contributed by atoms with Gasteiger partial charge in [0.05, 0.1) is 34.4 Å². The van der Waals surface area contributed by atoms with Crippen molar-refractivity contribution in [1.82, 2.24) is 0 Å². The van der Waals surface area contributed by atoms with Gasteiger partial charge in [0.2, 0.25) is 9.84 Å². The smallest absolute Gasteiger partial charge is 0.206 e. The minimum absolute atomic E-state index is 0.0882. The summed E-state index contributed by atoms with van der Waals surface area (Å²) in [7, 11) is -3.96. The summed E-state index contributed by atoms with van der Waals surface area (Å²) in [5, 5.41) is 94.9. The molecule has 0 heterocycles. The lowest BCUT2D eigenvalue weighted by molar-refractivity contribution is -0.0999. The molecule has 0 aliphatic heterocycles. The lowest BCUT2D eigenvalue weighted by atomic mass is 10.0. The first-order valence-corrected chi connectivity index (χ1v) is 13.0. The molecule has 39 heavy (non-hydrogen) atoms. The summed E-state index contributed by atoms with van der Waals surface area (Å²) in [6.45, 7) is -1.66. The Morgan fingerprint density at radius 1 is 0.564 bits per heavy atom. The van der Waals surface area contributed by atoms with Crippen molar-refractivity contribution in [3.05, 3.63) is 48.5 Å². The molecular formula is C24H32N2O12S. The Kier molecular flexibility index (Phi) is 12.2. The molecule has 15 heteroatoms. The number of aliphatic hydroxyl groups excluding tert-OH is 10. The molecule has 2 rings (SSSR count). The van der Waals surface area contributed by atoms with Gasteiger partial charge in [-0.3, -0.25) is 9.98 Å². The van der Waals surface area contributed by atoms with Crippen molar-refractivity contribution in [1.29, 1.82) is 0 Å². The maximum atomic E-state index is 12.9. The van der Waals surface area contributed by atoms with Crippen LogP contribution in [-0.4, -0.2) is 134 Å². The fourth-order valence-corrected chi connectivity index (χ4v) is 4.40. The summed E-state index contributed by atoms with van der Waals surface area (Å²) in [5.41, 5.74) is 0.416. The van der Waals surface area contributed by atoms with Crippen molar-refractivity contribution >= 4 is 33.6 Å². The first-order chi connectivity index (χ1) is 18.3. The third kappa shape index (κ3) is 8.66. The average Bonchev–Trinajstić information content (AvgIpc) is 2.96. The maximum absolute atomic E-state index is 12.9. The SMILES string of the molecule is O=S(=O)(c1ccc(N=CC(O)C(O)C(O)C(O)CO)cc1)c1ccc(N=CC(O)C(O)C(O)C(O)CO)cc1. The van der Waals surface area contributed by atoms with E-state index in [9.17, 15) is 49.3 Å². The Labute approximate surface area is 223 Å². The number of aliphatic hydroxyl groups is 10. The lowest BCUT2D eigenvalue weighted by Gasteiger charge is -2.23. The molecule has 2 aromatic carbocycles. The normalized spacial score (nSPS) is 18.9. The quantitative estimate of drug-likeness (QED) is 0.100. The number of nitrogens with zero attached hydrogens (tertiary/aromatic N) is 2. The highest BCUT2D eigenvalue weighted by Gasteiger charge is 2.30. The van der Waals surface area contributed by atoms with Crippen LogP contribution in [0.3, 0.4) is 0 Å². The minimum atomic E-state index is -3.96. The van der Waals surface area contributed by atoms with E-state index in [0.717, 1.165) is 12.4 Å². The van der Waals surface area contributed by atoms with Gasteiger partial charge >= 0.3 is 0 Å². The van der Waals surface area contributed by atoms with Gasteiger partial charge in [-0.2, -0.15) is 0 Å². The molecule has 2 aromatic rings. The standard InChI is InChI=1S/C24H32N2O12S/c27-11-19(31)23(35)21(33)17(29)9-25-13-1-5-15(6-2-13)39(37,38)16-7-3-14(4-8-16)26-10-18(30)22(34)24(36)20(32)12-28/h1-10,17-24,27-36H,11-12H2. The van der Waals surface area contributed by atoms with Crippen LogP contribution in [0.1, 0.15) is 0 Å². The molecule has 14 nitrogen and oxygen atoms in total. The van der Waals surface area contributed by atoms with E-state index in [1.807, 2.05) is 0 Å². The van der Waals surface area contributed by atoms with Gasteiger partial charge in [-0.15, -0.1) is 0 Å². The molecule has 8 atom stereocenters.